The van der Waals surface area contributed by atoms with E-state index in [0.29, 0.717) is 19.6 Å². The van der Waals surface area contributed by atoms with E-state index in [9.17, 15) is 5.11 Å². The minimum absolute atomic E-state index is 0.0357. The summed E-state index contributed by atoms with van der Waals surface area (Å²) in [5.74, 6) is 0. The van der Waals surface area contributed by atoms with E-state index in [0.717, 1.165) is 30.5 Å². The molecule has 32 heavy (non-hydrogen) atoms. The van der Waals surface area contributed by atoms with Crippen molar-refractivity contribution in [2.75, 3.05) is 6.54 Å². The van der Waals surface area contributed by atoms with E-state index in [1.54, 1.807) is 0 Å². The van der Waals surface area contributed by atoms with Gasteiger partial charge in [-0.2, -0.15) is 0 Å². The molecule has 0 saturated heterocycles. The summed E-state index contributed by atoms with van der Waals surface area (Å²) in [4.78, 5) is 0. The fourth-order valence-electron chi connectivity index (χ4n) is 4.30. The SMILES string of the molecule is O[C@H]1[C@H](NCCc2ccccc2)C[C@H](OCc2ccccc2)C[C@H]1OCc1ccccc1. The first-order chi connectivity index (χ1) is 15.8. The Morgan fingerprint density at radius 1 is 0.688 bits per heavy atom. The van der Waals surface area contributed by atoms with Gasteiger partial charge in [-0.25, -0.2) is 0 Å². The molecule has 0 aromatic heterocycles. The van der Waals surface area contributed by atoms with Crippen molar-refractivity contribution in [1.29, 1.82) is 0 Å². The van der Waals surface area contributed by atoms with E-state index in [1.165, 1.54) is 5.56 Å². The third-order valence-corrected chi connectivity index (χ3v) is 6.10. The van der Waals surface area contributed by atoms with Gasteiger partial charge < -0.3 is 19.9 Å². The Morgan fingerprint density at radius 3 is 1.81 bits per heavy atom. The molecule has 0 aliphatic heterocycles. The zero-order valence-electron chi connectivity index (χ0n) is 18.5. The van der Waals surface area contributed by atoms with Crippen LogP contribution in [0.25, 0.3) is 0 Å². The Labute approximate surface area is 191 Å². The van der Waals surface area contributed by atoms with Crippen LogP contribution in [0.1, 0.15) is 29.5 Å². The van der Waals surface area contributed by atoms with Crippen LogP contribution >= 0.6 is 0 Å². The van der Waals surface area contributed by atoms with Gasteiger partial charge >= 0.3 is 0 Å². The van der Waals surface area contributed by atoms with Crippen molar-refractivity contribution in [2.24, 2.45) is 0 Å². The molecule has 1 aliphatic rings. The molecule has 3 aromatic carbocycles. The molecular weight excluding hydrogens is 398 g/mol. The van der Waals surface area contributed by atoms with Crippen LogP contribution in [0.4, 0.5) is 0 Å². The normalized spacial score (nSPS) is 23.2. The van der Waals surface area contributed by atoms with Gasteiger partial charge in [-0.15, -0.1) is 0 Å². The minimum atomic E-state index is -0.564. The topological polar surface area (TPSA) is 50.7 Å². The average molecular weight is 432 g/mol. The summed E-state index contributed by atoms with van der Waals surface area (Å²) in [7, 11) is 0. The van der Waals surface area contributed by atoms with Gasteiger partial charge in [0.15, 0.2) is 0 Å². The first kappa shape index (κ1) is 22.7. The second-order valence-corrected chi connectivity index (χ2v) is 8.51. The van der Waals surface area contributed by atoms with Gasteiger partial charge in [0.25, 0.3) is 0 Å². The van der Waals surface area contributed by atoms with Gasteiger partial charge in [0.2, 0.25) is 0 Å². The zero-order valence-corrected chi connectivity index (χ0v) is 18.5. The van der Waals surface area contributed by atoms with Crippen LogP contribution in [-0.2, 0) is 29.1 Å². The van der Waals surface area contributed by atoms with Crippen LogP contribution in [0.5, 0.6) is 0 Å². The molecule has 0 heterocycles. The smallest absolute Gasteiger partial charge is 0.0956 e. The molecule has 168 valence electrons. The Kier molecular flexibility index (Phi) is 8.46. The fraction of sp³-hybridized carbons (Fsp3) is 0.357. The molecule has 4 atom stereocenters. The summed E-state index contributed by atoms with van der Waals surface area (Å²) in [5.41, 5.74) is 3.56. The average Bonchev–Trinajstić information content (AvgIpc) is 2.85. The van der Waals surface area contributed by atoms with Crippen molar-refractivity contribution in [2.45, 2.75) is 56.8 Å². The van der Waals surface area contributed by atoms with Gasteiger partial charge in [0.1, 0.15) is 0 Å². The number of ether oxygens (including phenoxy) is 2. The Morgan fingerprint density at radius 2 is 1.22 bits per heavy atom. The Balaban J connectivity index is 1.36. The highest BCUT2D eigenvalue weighted by Gasteiger charge is 2.37. The van der Waals surface area contributed by atoms with Crippen molar-refractivity contribution in [1.82, 2.24) is 5.32 Å². The van der Waals surface area contributed by atoms with Crippen molar-refractivity contribution < 1.29 is 14.6 Å². The number of nitrogens with one attached hydrogen (secondary N) is 1. The molecule has 4 heteroatoms. The molecule has 0 unspecified atom stereocenters. The quantitative estimate of drug-likeness (QED) is 0.496. The predicted octanol–water partition coefficient (Wildman–Crippen LogP) is 4.51. The highest BCUT2D eigenvalue weighted by molar-refractivity contribution is 5.16. The van der Waals surface area contributed by atoms with Gasteiger partial charge in [-0.05, 0) is 36.1 Å². The molecule has 4 rings (SSSR count). The van der Waals surface area contributed by atoms with Crippen LogP contribution in [0.2, 0.25) is 0 Å². The third-order valence-electron chi connectivity index (χ3n) is 6.10. The Hall–Kier alpha value is -2.50. The number of benzene rings is 3. The summed E-state index contributed by atoms with van der Waals surface area (Å²) in [6, 6.07) is 30.7. The maximum absolute atomic E-state index is 11.1. The highest BCUT2D eigenvalue weighted by Crippen LogP contribution is 2.26. The van der Waals surface area contributed by atoms with E-state index >= 15 is 0 Å². The number of rotatable bonds is 10. The summed E-state index contributed by atoms with van der Waals surface area (Å²) >= 11 is 0. The van der Waals surface area contributed by atoms with Crippen LogP contribution in [0.3, 0.4) is 0 Å². The lowest BCUT2D eigenvalue weighted by Gasteiger charge is -2.39. The van der Waals surface area contributed by atoms with Crippen molar-refractivity contribution in [3.05, 3.63) is 108 Å². The zero-order chi connectivity index (χ0) is 22.0. The van der Waals surface area contributed by atoms with Gasteiger partial charge in [-0.3, -0.25) is 0 Å². The summed E-state index contributed by atoms with van der Waals surface area (Å²) in [6.07, 6.45) is 1.60. The molecule has 3 aromatic rings. The lowest BCUT2D eigenvalue weighted by atomic mass is 9.87. The summed E-state index contributed by atoms with van der Waals surface area (Å²) < 4.78 is 12.5. The molecule has 1 saturated carbocycles. The summed E-state index contributed by atoms with van der Waals surface area (Å²) in [5, 5.41) is 14.6. The first-order valence-corrected chi connectivity index (χ1v) is 11.5. The fourth-order valence-corrected chi connectivity index (χ4v) is 4.30. The van der Waals surface area contributed by atoms with E-state index in [4.69, 9.17) is 9.47 Å². The van der Waals surface area contributed by atoms with Gasteiger partial charge in [0.05, 0.1) is 31.5 Å². The number of aliphatic hydroxyl groups is 1. The number of hydrogen-bond donors (Lipinski definition) is 2. The van der Waals surface area contributed by atoms with E-state index < -0.39 is 6.10 Å². The highest BCUT2D eigenvalue weighted by atomic mass is 16.5. The maximum Gasteiger partial charge on any atom is 0.0956 e. The monoisotopic (exact) mass is 431 g/mol. The second kappa shape index (κ2) is 11.9. The predicted molar refractivity (Wildman–Crippen MR) is 127 cm³/mol. The molecule has 0 spiro atoms. The molecule has 2 N–H and O–H groups in total. The van der Waals surface area contributed by atoms with E-state index in [1.807, 2.05) is 54.6 Å². The first-order valence-electron chi connectivity index (χ1n) is 11.5. The third kappa shape index (κ3) is 6.75. The van der Waals surface area contributed by atoms with E-state index in [2.05, 4.69) is 41.7 Å². The molecule has 4 nitrogen and oxygen atoms in total. The second-order valence-electron chi connectivity index (χ2n) is 8.51. The summed E-state index contributed by atoms with van der Waals surface area (Å²) in [6.45, 7) is 1.87. The largest absolute Gasteiger partial charge is 0.389 e. The molecule has 0 amide bonds. The number of hydrogen-bond acceptors (Lipinski definition) is 4. The molecule has 1 aliphatic carbocycles. The van der Waals surface area contributed by atoms with Crippen molar-refractivity contribution in [3.63, 3.8) is 0 Å². The van der Waals surface area contributed by atoms with Crippen LogP contribution in [0, 0.1) is 0 Å². The molecule has 1 fully saturated rings. The lowest BCUT2D eigenvalue weighted by molar-refractivity contribution is -0.123. The lowest BCUT2D eigenvalue weighted by Crippen LogP contribution is -2.54. The van der Waals surface area contributed by atoms with Crippen molar-refractivity contribution >= 4 is 0 Å². The Bertz CT molecular complexity index is 904. The molecule has 0 bridgehead atoms. The maximum atomic E-state index is 11.1. The van der Waals surface area contributed by atoms with Crippen LogP contribution < -0.4 is 5.32 Å². The van der Waals surface area contributed by atoms with Crippen LogP contribution in [0.15, 0.2) is 91.0 Å². The van der Waals surface area contributed by atoms with Gasteiger partial charge in [0, 0.05) is 12.5 Å². The number of aliphatic hydroxyl groups excluding tert-OH is 1. The van der Waals surface area contributed by atoms with E-state index in [-0.39, 0.29) is 18.2 Å². The van der Waals surface area contributed by atoms with Gasteiger partial charge in [-0.1, -0.05) is 91.0 Å². The molecular formula is C28H33NO3. The minimum Gasteiger partial charge on any atom is -0.389 e. The molecule has 0 radical (unpaired) electrons. The van der Waals surface area contributed by atoms with Crippen LogP contribution in [-0.4, -0.2) is 36.0 Å². The standard InChI is InChI=1S/C28H33NO3/c30-28-26(29-17-16-22-10-4-1-5-11-22)18-25(31-20-23-12-6-2-7-13-23)19-27(28)32-21-24-14-8-3-9-15-24/h1-15,25-30H,16-21H2/t25-,26+,27+,28-/m0/s1. The van der Waals surface area contributed by atoms with Crippen molar-refractivity contribution in [3.8, 4) is 0 Å².